The normalized spacial score (nSPS) is 12.2. The lowest BCUT2D eigenvalue weighted by Crippen LogP contribution is -2.35. The quantitative estimate of drug-likeness (QED) is 0.857. The maximum Gasteiger partial charge on any atom is 0.248 e. The van der Waals surface area contributed by atoms with E-state index in [1.54, 1.807) is 6.92 Å². The average Bonchev–Trinajstić information content (AvgIpc) is 2.30. The molecule has 0 radical (unpaired) electrons. The minimum absolute atomic E-state index is 0.0866. The van der Waals surface area contributed by atoms with Gasteiger partial charge in [-0.3, -0.25) is 4.79 Å². The second-order valence-corrected chi connectivity index (χ2v) is 3.98. The smallest absolute Gasteiger partial charge is 0.248 e. The van der Waals surface area contributed by atoms with E-state index in [0.717, 1.165) is 17.0 Å². The zero-order chi connectivity index (χ0) is 12.0. The molecule has 0 aromatic heterocycles. The first kappa shape index (κ1) is 13.0. The summed E-state index contributed by atoms with van der Waals surface area (Å²) in [7, 11) is 1.52. The van der Waals surface area contributed by atoms with Crippen LogP contribution in [0.2, 0.25) is 5.02 Å². The van der Waals surface area contributed by atoms with Crippen LogP contribution in [0.25, 0.3) is 0 Å². The van der Waals surface area contributed by atoms with Gasteiger partial charge in [0, 0.05) is 18.7 Å². The predicted octanol–water partition coefficient (Wildman–Crippen LogP) is 2.03. The molecule has 88 valence electrons. The topological polar surface area (TPSA) is 38.3 Å². The molecule has 1 amide bonds. The van der Waals surface area contributed by atoms with E-state index < -0.39 is 6.10 Å². The Morgan fingerprint density at radius 1 is 1.44 bits per heavy atom. The molecular formula is C12H16ClNO2. The van der Waals surface area contributed by atoms with Crippen LogP contribution in [0.1, 0.15) is 12.5 Å². The molecule has 0 saturated heterocycles. The molecule has 0 fully saturated rings. The average molecular weight is 242 g/mol. The van der Waals surface area contributed by atoms with Crippen LogP contribution in [-0.2, 0) is 16.0 Å². The summed E-state index contributed by atoms with van der Waals surface area (Å²) >= 11 is 5.77. The lowest BCUT2D eigenvalue weighted by Gasteiger charge is -2.10. The van der Waals surface area contributed by atoms with Crippen LogP contribution in [0, 0.1) is 0 Å². The van der Waals surface area contributed by atoms with Gasteiger partial charge in [-0.2, -0.15) is 0 Å². The lowest BCUT2D eigenvalue weighted by atomic mass is 10.1. The first-order chi connectivity index (χ1) is 7.63. The van der Waals surface area contributed by atoms with Crippen LogP contribution in [0.5, 0.6) is 0 Å². The summed E-state index contributed by atoms with van der Waals surface area (Å²) in [6.45, 7) is 2.33. The van der Waals surface area contributed by atoms with E-state index in [2.05, 4.69) is 5.32 Å². The fourth-order valence-electron chi connectivity index (χ4n) is 1.23. The van der Waals surface area contributed by atoms with Crippen LogP contribution in [0.15, 0.2) is 24.3 Å². The lowest BCUT2D eigenvalue weighted by molar-refractivity contribution is -0.129. The maximum absolute atomic E-state index is 11.4. The second-order valence-electron chi connectivity index (χ2n) is 3.55. The van der Waals surface area contributed by atoms with Crippen molar-refractivity contribution in [2.24, 2.45) is 0 Å². The Morgan fingerprint density at radius 2 is 2.06 bits per heavy atom. The molecule has 4 heteroatoms. The Kier molecular flexibility index (Phi) is 5.29. The minimum Gasteiger partial charge on any atom is -0.372 e. The standard InChI is InChI=1S/C12H16ClNO2/c1-9(16-2)12(15)14-8-7-10-3-5-11(13)6-4-10/h3-6,9H,7-8H2,1-2H3,(H,14,15). The zero-order valence-electron chi connectivity index (χ0n) is 9.50. The van der Waals surface area contributed by atoms with Crippen LogP contribution in [0.4, 0.5) is 0 Å². The van der Waals surface area contributed by atoms with E-state index in [4.69, 9.17) is 16.3 Å². The van der Waals surface area contributed by atoms with Gasteiger partial charge < -0.3 is 10.1 Å². The Labute approximate surface area is 101 Å². The van der Waals surface area contributed by atoms with Gasteiger partial charge in [-0.15, -0.1) is 0 Å². The number of carbonyl (C=O) groups excluding carboxylic acids is 1. The van der Waals surface area contributed by atoms with Gasteiger partial charge in [0.15, 0.2) is 0 Å². The summed E-state index contributed by atoms with van der Waals surface area (Å²) in [5, 5.41) is 3.52. The van der Waals surface area contributed by atoms with Gasteiger partial charge in [0.25, 0.3) is 0 Å². The van der Waals surface area contributed by atoms with Crippen LogP contribution in [-0.4, -0.2) is 25.7 Å². The Hall–Kier alpha value is -1.06. The van der Waals surface area contributed by atoms with Crippen molar-refractivity contribution in [2.75, 3.05) is 13.7 Å². The molecule has 0 heterocycles. The second kappa shape index (κ2) is 6.51. The van der Waals surface area contributed by atoms with E-state index in [0.29, 0.717) is 6.54 Å². The Balaban J connectivity index is 2.30. The number of benzene rings is 1. The number of methoxy groups -OCH3 is 1. The highest BCUT2D eigenvalue weighted by Gasteiger charge is 2.09. The molecule has 3 nitrogen and oxygen atoms in total. The van der Waals surface area contributed by atoms with Gasteiger partial charge in [0.1, 0.15) is 6.10 Å². The van der Waals surface area contributed by atoms with Crippen molar-refractivity contribution in [3.05, 3.63) is 34.9 Å². The summed E-state index contributed by atoms with van der Waals surface area (Å²) in [5.41, 5.74) is 1.15. The largest absolute Gasteiger partial charge is 0.372 e. The van der Waals surface area contributed by atoms with Crippen molar-refractivity contribution < 1.29 is 9.53 Å². The summed E-state index contributed by atoms with van der Waals surface area (Å²) in [5.74, 6) is -0.0866. The first-order valence-corrected chi connectivity index (χ1v) is 5.56. The molecule has 1 unspecified atom stereocenters. The van der Waals surface area contributed by atoms with Crippen LogP contribution >= 0.6 is 11.6 Å². The molecule has 0 spiro atoms. The number of amides is 1. The van der Waals surface area contributed by atoms with Crippen molar-refractivity contribution in [1.82, 2.24) is 5.32 Å². The summed E-state index contributed by atoms with van der Waals surface area (Å²) in [6, 6.07) is 7.59. The summed E-state index contributed by atoms with van der Waals surface area (Å²) in [4.78, 5) is 11.4. The first-order valence-electron chi connectivity index (χ1n) is 5.18. The van der Waals surface area contributed by atoms with Crippen LogP contribution < -0.4 is 5.32 Å². The fraction of sp³-hybridized carbons (Fsp3) is 0.417. The molecule has 1 aromatic carbocycles. The highest BCUT2D eigenvalue weighted by Crippen LogP contribution is 2.09. The molecule has 1 rings (SSSR count). The van der Waals surface area contributed by atoms with Crippen LogP contribution in [0.3, 0.4) is 0 Å². The number of nitrogens with one attached hydrogen (secondary N) is 1. The molecular weight excluding hydrogens is 226 g/mol. The molecule has 0 saturated carbocycles. The van der Waals surface area contributed by atoms with E-state index in [-0.39, 0.29) is 5.91 Å². The zero-order valence-corrected chi connectivity index (χ0v) is 10.3. The minimum atomic E-state index is -0.398. The third kappa shape index (κ3) is 4.21. The molecule has 1 atom stereocenters. The van der Waals surface area contributed by atoms with Crippen molar-refractivity contribution in [2.45, 2.75) is 19.4 Å². The number of rotatable bonds is 5. The summed E-state index contributed by atoms with van der Waals surface area (Å²) < 4.78 is 4.90. The van der Waals surface area contributed by atoms with E-state index in [1.165, 1.54) is 7.11 Å². The predicted molar refractivity (Wildman–Crippen MR) is 64.6 cm³/mol. The van der Waals surface area contributed by atoms with E-state index >= 15 is 0 Å². The van der Waals surface area contributed by atoms with Gasteiger partial charge in [0.05, 0.1) is 0 Å². The number of hydrogen-bond donors (Lipinski definition) is 1. The maximum atomic E-state index is 11.4. The SMILES string of the molecule is COC(C)C(=O)NCCc1ccc(Cl)cc1. The van der Waals surface area contributed by atoms with Gasteiger partial charge >= 0.3 is 0 Å². The van der Waals surface area contributed by atoms with Crippen molar-refractivity contribution in [3.63, 3.8) is 0 Å². The van der Waals surface area contributed by atoms with E-state index in [9.17, 15) is 4.79 Å². The van der Waals surface area contributed by atoms with Gasteiger partial charge in [-0.05, 0) is 31.0 Å². The van der Waals surface area contributed by atoms with Crippen molar-refractivity contribution >= 4 is 17.5 Å². The number of halogens is 1. The Morgan fingerprint density at radius 3 is 2.62 bits per heavy atom. The van der Waals surface area contributed by atoms with E-state index in [1.807, 2.05) is 24.3 Å². The molecule has 1 aromatic rings. The number of hydrogen-bond acceptors (Lipinski definition) is 2. The molecule has 0 bridgehead atoms. The molecule has 16 heavy (non-hydrogen) atoms. The highest BCUT2D eigenvalue weighted by atomic mass is 35.5. The third-order valence-corrected chi connectivity index (χ3v) is 2.60. The molecule has 0 aliphatic rings. The Bertz CT molecular complexity index is 337. The number of ether oxygens (including phenoxy) is 1. The highest BCUT2D eigenvalue weighted by molar-refractivity contribution is 6.30. The fourth-order valence-corrected chi connectivity index (χ4v) is 1.36. The monoisotopic (exact) mass is 241 g/mol. The molecule has 0 aliphatic heterocycles. The third-order valence-electron chi connectivity index (χ3n) is 2.35. The van der Waals surface area contributed by atoms with Gasteiger partial charge in [-0.1, -0.05) is 23.7 Å². The van der Waals surface area contributed by atoms with Gasteiger partial charge in [0.2, 0.25) is 5.91 Å². The summed E-state index contributed by atoms with van der Waals surface area (Å²) in [6.07, 6.45) is 0.393. The van der Waals surface area contributed by atoms with Gasteiger partial charge in [-0.25, -0.2) is 0 Å². The van der Waals surface area contributed by atoms with Crippen molar-refractivity contribution in [1.29, 1.82) is 0 Å². The van der Waals surface area contributed by atoms with Crippen molar-refractivity contribution in [3.8, 4) is 0 Å². The molecule has 1 N–H and O–H groups in total. The molecule has 0 aliphatic carbocycles. The number of carbonyl (C=O) groups is 1.